The molecule has 1 heterocycles. The van der Waals surface area contributed by atoms with Crippen molar-refractivity contribution >= 4 is 0 Å². The zero-order valence-corrected chi connectivity index (χ0v) is 11.4. The molecule has 0 unspecified atom stereocenters. The van der Waals surface area contributed by atoms with E-state index < -0.39 is 11.7 Å². The summed E-state index contributed by atoms with van der Waals surface area (Å²) in [6.07, 6.45) is -1.84. The topological polar surface area (TPSA) is 12.9 Å². The lowest BCUT2D eigenvalue weighted by Gasteiger charge is -2.12. The molecule has 0 aliphatic carbocycles. The Morgan fingerprint density at radius 1 is 1.05 bits per heavy atom. The van der Waals surface area contributed by atoms with Crippen LogP contribution in [-0.4, -0.2) is 4.98 Å². The van der Waals surface area contributed by atoms with E-state index in [1.165, 1.54) is 12.1 Å². The average Bonchev–Trinajstić information content (AvgIpc) is 2.38. The molecule has 0 atom stereocenters. The summed E-state index contributed by atoms with van der Waals surface area (Å²) in [5, 5.41) is 0. The maximum absolute atomic E-state index is 13.0. The third kappa shape index (κ3) is 3.38. The summed E-state index contributed by atoms with van der Waals surface area (Å²) < 4.78 is 38.9. The van der Waals surface area contributed by atoms with Crippen LogP contribution >= 0.6 is 0 Å². The van der Waals surface area contributed by atoms with Crippen molar-refractivity contribution in [1.82, 2.24) is 4.98 Å². The summed E-state index contributed by atoms with van der Waals surface area (Å²) in [4.78, 5) is 4.18. The fraction of sp³-hybridized carbons (Fsp3) is 0.312. The van der Waals surface area contributed by atoms with Gasteiger partial charge in [-0.05, 0) is 30.0 Å². The van der Waals surface area contributed by atoms with Gasteiger partial charge in [0.2, 0.25) is 0 Å². The lowest BCUT2D eigenvalue weighted by atomic mass is 10.0. The first-order valence-corrected chi connectivity index (χ1v) is 6.49. The summed E-state index contributed by atoms with van der Waals surface area (Å²) >= 11 is 0. The summed E-state index contributed by atoms with van der Waals surface area (Å²) in [7, 11) is 0. The largest absolute Gasteiger partial charge is 0.417 e. The number of alkyl halides is 3. The van der Waals surface area contributed by atoms with Gasteiger partial charge in [0, 0.05) is 11.8 Å². The predicted molar refractivity (Wildman–Crippen MR) is 73.2 cm³/mol. The summed E-state index contributed by atoms with van der Waals surface area (Å²) in [6.45, 7) is 4.18. The van der Waals surface area contributed by atoms with Crippen LogP contribution in [0.15, 0.2) is 42.6 Å². The molecule has 0 saturated carbocycles. The number of nitrogens with zero attached hydrogens (tertiary/aromatic N) is 1. The molecule has 20 heavy (non-hydrogen) atoms. The predicted octanol–water partition coefficient (Wildman–Crippen LogP) is 4.97. The first-order chi connectivity index (χ1) is 9.38. The first-order valence-electron chi connectivity index (χ1n) is 6.49. The maximum Gasteiger partial charge on any atom is 0.417 e. The van der Waals surface area contributed by atoms with Gasteiger partial charge < -0.3 is 0 Å². The van der Waals surface area contributed by atoms with Gasteiger partial charge in [-0.3, -0.25) is 4.98 Å². The lowest BCUT2D eigenvalue weighted by molar-refractivity contribution is -0.137. The highest BCUT2D eigenvalue weighted by atomic mass is 19.4. The molecule has 0 fully saturated rings. The van der Waals surface area contributed by atoms with E-state index in [2.05, 4.69) is 18.8 Å². The summed E-state index contributed by atoms with van der Waals surface area (Å²) in [6, 6.07) is 9.01. The van der Waals surface area contributed by atoms with Crippen molar-refractivity contribution < 1.29 is 13.2 Å². The van der Waals surface area contributed by atoms with Crippen molar-refractivity contribution in [3.63, 3.8) is 0 Å². The molecular weight excluding hydrogens is 263 g/mol. The monoisotopic (exact) mass is 279 g/mol. The van der Waals surface area contributed by atoms with Crippen LogP contribution in [-0.2, 0) is 12.6 Å². The Labute approximate surface area is 116 Å². The van der Waals surface area contributed by atoms with Gasteiger partial charge in [0.25, 0.3) is 0 Å². The zero-order chi connectivity index (χ0) is 14.8. The van der Waals surface area contributed by atoms with E-state index in [1.54, 1.807) is 18.3 Å². The molecule has 4 heteroatoms. The van der Waals surface area contributed by atoms with Gasteiger partial charge in [-0.25, -0.2) is 0 Å². The van der Waals surface area contributed by atoms with E-state index in [0.717, 1.165) is 18.1 Å². The van der Waals surface area contributed by atoms with Crippen LogP contribution in [0.5, 0.6) is 0 Å². The van der Waals surface area contributed by atoms with Crippen molar-refractivity contribution in [3.05, 3.63) is 53.7 Å². The fourth-order valence-electron chi connectivity index (χ4n) is 2.13. The third-order valence-electron chi connectivity index (χ3n) is 2.98. The highest BCUT2D eigenvalue weighted by Crippen LogP contribution is 2.36. The Balaban J connectivity index is 2.37. The van der Waals surface area contributed by atoms with Gasteiger partial charge >= 0.3 is 6.18 Å². The molecule has 0 aliphatic rings. The maximum atomic E-state index is 13.0. The molecule has 0 N–H and O–H groups in total. The molecule has 0 radical (unpaired) electrons. The van der Waals surface area contributed by atoms with Crippen LogP contribution in [0.3, 0.4) is 0 Å². The molecule has 0 amide bonds. The number of halogens is 3. The Kier molecular flexibility index (Phi) is 4.12. The molecule has 2 aromatic rings. The fourth-order valence-corrected chi connectivity index (χ4v) is 2.13. The SMILES string of the molecule is CC(C)Cc1ccc(-c2ccccc2C(F)(F)F)nc1. The number of pyridine rings is 1. The number of hydrogen-bond acceptors (Lipinski definition) is 1. The molecule has 0 saturated heterocycles. The molecule has 1 aromatic heterocycles. The van der Waals surface area contributed by atoms with Crippen LogP contribution < -0.4 is 0 Å². The lowest BCUT2D eigenvalue weighted by Crippen LogP contribution is -2.07. The second kappa shape index (κ2) is 5.65. The molecular formula is C16H16F3N. The minimum atomic E-state index is -4.37. The van der Waals surface area contributed by atoms with E-state index in [9.17, 15) is 13.2 Å². The van der Waals surface area contributed by atoms with E-state index in [4.69, 9.17) is 0 Å². The smallest absolute Gasteiger partial charge is 0.256 e. The highest BCUT2D eigenvalue weighted by Gasteiger charge is 2.33. The molecule has 1 aromatic carbocycles. The molecule has 106 valence electrons. The van der Waals surface area contributed by atoms with Crippen molar-refractivity contribution in [2.24, 2.45) is 5.92 Å². The Bertz CT molecular complexity index is 571. The van der Waals surface area contributed by atoms with Crippen molar-refractivity contribution in [2.45, 2.75) is 26.4 Å². The number of hydrogen-bond donors (Lipinski definition) is 0. The summed E-state index contributed by atoms with van der Waals surface area (Å²) in [5.41, 5.74) is 0.860. The number of benzene rings is 1. The second-order valence-electron chi connectivity index (χ2n) is 5.19. The normalized spacial score (nSPS) is 11.9. The molecule has 0 spiro atoms. The van der Waals surface area contributed by atoms with Gasteiger partial charge in [-0.2, -0.15) is 13.2 Å². The van der Waals surface area contributed by atoms with Crippen molar-refractivity contribution in [1.29, 1.82) is 0 Å². The average molecular weight is 279 g/mol. The van der Waals surface area contributed by atoms with Crippen LogP contribution in [0.25, 0.3) is 11.3 Å². The van der Waals surface area contributed by atoms with Crippen LogP contribution in [0, 0.1) is 5.92 Å². The van der Waals surface area contributed by atoms with E-state index in [-0.39, 0.29) is 5.56 Å². The third-order valence-corrected chi connectivity index (χ3v) is 2.98. The number of rotatable bonds is 3. The first kappa shape index (κ1) is 14.6. The Hall–Kier alpha value is -1.84. The van der Waals surface area contributed by atoms with Gasteiger partial charge in [0.15, 0.2) is 0 Å². The second-order valence-corrected chi connectivity index (χ2v) is 5.19. The zero-order valence-electron chi connectivity index (χ0n) is 11.4. The minimum Gasteiger partial charge on any atom is -0.256 e. The van der Waals surface area contributed by atoms with E-state index in [0.29, 0.717) is 11.6 Å². The highest BCUT2D eigenvalue weighted by molar-refractivity contribution is 5.64. The van der Waals surface area contributed by atoms with E-state index in [1.807, 2.05) is 6.07 Å². The molecule has 0 bridgehead atoms. The number of aromatic nitrogens is 1. The Morgan fingerprint density at radius 2 is 1.75 bits per heavy atom. The quantitative estimate of drug-likeness (QED) is 0.773. The standard InChI is InChI=1S/C16H16F3N/c1-11(2)9-12-7-8-15(20-10-12)13-5-3-4-6-14(13)16(17,18)19/h3-8,10-11H,9H2,1-2H3. The van der Waals surface area contributed by atoms with Crippen LogP contribution in [0.1, 0.15) is 25.0 Å². The van der Waals surface area contributed by atoms with E-state index >= 15 is 0 Å². The van der Waals surface area contributed by atoms with Gasteiger partial charge in [0.1, 0.15) is 0 Å². The molecule has 2 rings (SSSR count). The van der Waals surface area contributed by atoms with Gasteiger partial charge in [0.05, 0.1) is 11.3 Å². The van der Waals surface area contributed by atoms with Gasteiger partial charge in [-0.1, -0.05) is 38.1 Å². The van der Waals surface area contributed by atoms with Crippen molar-refractivity contribution in [3.8, 4) is 11.3 Å². The summed E-state index contributed by atoms with van der Waals surface area (Å²) in [5.74, 6) is 0.491. The Morgan fingerprint density at radius 3 is 2.30 bits per heavy atom. The van der Waals surface area contributed by atoms with Crippen LogP contribution in [0.2, 0.25) is 0 Å². The minimum absolute atomic E-state index is 0.121. The van der Waals surface area contributed by atoms with Crippen molar-refractivity contribution in [2.75, 3.05) is 0 Å². The molecule has 0 aliphatic heterocycles. The molecule has 1 nitrogen and oxygen atoms in total. The van der Waals surface area contributed by atoms with Gasteiger partial charge in [-0.15, -0.1) is 0 Å². The van der Waals surface area contributed by atoms with Crippen LogP contribution in [0.4, 0.5) is 13.2 Å².